The van der Waals surface area contributed by atoms with Crippen molar-refractivity contribution in [2.75, 3.05) is 0 Å². The molecule has 78 valence electrons. The smallest absolute Gasteiger partial charge is 0.154 e. The summed E-state index contributed by atoms with van der Waals surface area (Å²) in [6.07, 6.45) is 7.01. The first-order valence-electron chi connectivity index (χ1n) is 5.22. The Bertz CT molecular complexity index is 120. The summed E-state index contributed by atoms with van der Waals surface area (Å²) in [5.74, 6) is 0.0648. The largest absolute Gasteiger partial charge is 0.295 e. The molecule has 0 atom stereocenters. The Kier molecular flexibility index (Phi) is 13.1. The predicted molar refractivity (Wildman–Crippen MR) is 59.9 cm³/mol. The van der Waals surface area contributed by atoms with Gasteiger partial charge in [0.1, 0.15) is 0 Å². The summed E-state index contributed by atoms with van der Waals surface area (Å²) in [5, 5.41) is 0. The summed E-state index contributed by atoms with van der Waals surface area (Å²) in [5.41, 5.74) is 0.620. The van der Waals surface area contributed by atoms with Gasteiger partial charge in [0.25, 0.3) is 0 Å². The highest BCUT2D eigenvalue weighted by atomic mass is 16.1. The molecule has 1 heteroatoms. The minimum absolute atomic E-state index is 0.0648. The number of hydrogen-bond acceptors (Lipinski definition) is 1. The summed E-state index contributed by atoms with van der Waals surface area (Å²) >= 11 is 0. The van der Waals surface area contributed by atoms with Crippen LogP contribution in [-0.2, 0) is 4.79 Å². The Morgan fingerprint density at radius 2 is 1.31 bits per heavy atom. The minimum atomic E-state index is 0.0648. The Morgan fingerprint density at radius 3 is 1.46 bits per heavy atom. The standard InChI is InChI=1S/C7H16.C5H8O/c1-3-5-7-6-4-2;1-4(2)5(3)6/h3-7H2,1-2H3;1H2,2-3H3. The number of Topliss-reactive ketones (excluding diaryl/α,β-unsaturated/α-hetero) is 1. The zero-order chi connectivity index (χ0) is 10.7. The monoisotopic (exact) mass is 184 g/mol. The summed E-state index contributed by atoms with van der Waals surface area (Å²) in [4.78, 5) is 10.0. The van der Waals surface area contributed by atoms with Crippen LogP contribution in [0.3, 0.4) is 0 Å². The van der Waals surface area contributed by atoms with Crippen LogP contribution < -0.4 is 0 Å². The number of rotatable bonds is 5. The maximum atomic E-state index is 10.0. The molecule has 0 aromatic carbocycles. The SMILES string of the molecule is C=C(C)C(C)=O.CCCCCCC. The van der Waals surface area contributed by atoms with Gasteiger partial charge in [-0.2, -0.15) is 0 Å². The molecule has 0 bridgehead atoms. The van der Waals surface area contributed by atoms with E-state index >= 15 is 0 Å². The van der Waals surface area contributed by atoms with Gasteiger partial charge in [-0.15, -0.1) is 0 Å². The molecule has 0 amide bonds. The van der Waals surface area contributed by atoms with Crippen molar-refractivity contribution in [3.8, 4) is 0 Å². The normalized spacial score (nSPS) is 8.62. The number of ketones is 1. The Labute approximate surface area is 83.2 Å². The van der Waals surface area contributed by atoms with E-state index in [4.69, 9.17) is 0 Å². The third-order valence-electron chi connectivity index (χ3n) is 1.81. The van der Waals surface area contributed by atoms with Gasteiger partial charge in [-0.05, 0) is 19.4 Å². The lowest BCUT2D eigenvalue weighted by atomic mass is 10.2. The summed E-state index contributed by atoms with van der Waals surface area (Å²) in [6, 6.07) is 0. The van der Waals surface area contributed by atoms with Crippen molar-refractivity contribution in [2.24, 2.45) is 0 Å². The molecule has 0 aromatic heterocycles. The van der Waals surface area contributed by atoms with E-state index in [2.05, 4.69) is 20.4 Å². The first-order valence-corrected chi connectivity index (χ1v) is 5.22. The fourth-order valence-electron chi connectivity index (χ4n) is 0.677. The molecule has 0 fully saturated rings. The van der Waals surface area contributed by atoms with Gasteiger partial charge in [0.05, 0.1) is 0 Å². The molecule has 0 aromatic rings. The molecule has 0 saturated carbocycles. The molecular formula is C12H24O. The van der Waals surface area contributed by atoms with Crippen molar-refractivity contribution >= 4 is 5.78 Å². The molecule has 0 saturated heterocycles. The topological polar surface area (TPSA) is 17.1 Å². The van der Waals surface area contributed by atoms with Crippen LogP contribution in [0, 0.1) is 0 Å². The van der Waals surface area contributed by atoms with Crippen LogP contribution in [0.25, 0.3) is 0 Å². The molecule has 0 rings (SSSR count). The Hall–Kier alpha value is -0.590. The third kappa shape index (κ3) is 18.4. The average Bonchev–Trinajstić information content (AvgIpc) is 2.06. The van der Waals surface area contributed by atoms with Crippen molar-refractivity contribution in [3.05, 3.63) is 12.2 Å². The molecule has 0 spiro atoms. The van der Waals surface area contributed by atoms with Gasteiger partial charge in [0.2, 0.25) is 0 Å². The van der Waals surface area contributed by atoms with Crippen molar-refractivity contribution < 1.29 is 4.79 Å². The molecule has 0 heterocycles. The van der Waals surface area contributed by atoms with E-state index < -0.39 is 0 Å². The molecule has 0 unspecified atom stereocenters. The van der Waals surface area contributed by atoms with E-state index in [1.54, 1.807) is 6.92 Å². The lowest BCUT2D eigenvalue weighted by Gasteiger charge is -1.90. The van der Waals surface area contributed by atoms with Crippen molar-refractivity contribution in [2.45, 2.75) is 59.8 Å². The predicted octanol–water partition coefficient (Wildman–Crippen LogP) is 4.13. The number of hydrogen-bond donors (Lipinski definition) is 0. The van der Waals surface area contributed by atoms with Crippen molar-refractivity contribution in [3.63, 3.8) is 0 Å². The Balaban J connectivity index is 0. The lowest BCUT2D eigenvalue weighted by Crippen LogP contribution is -1.86. The van der Waals surface area contributed by atoms with Crippen LogP contribution in [0.4, 0.5) is 0 Å². The maximum absolute atomic E-state index is 10.0. The number of allylic oxidation sites excluding steroid dienone is 1. The molecule has 0 N–H and O–H groups in total. The van der Waals surface area contributed by atoms with Crippen LogP contribution in [0.1, 0.15) is 59.8 Å². The van der Waals surface area contributed by atoms with Crippen LogP contribution in [-0.4, -0.2) is 5.78 Å². The fraction of sp³-hybridized carbons (Fsp3) is 0.750. The zero-order valence-corrected chi connectivity index (χ0v) is 9.65. The summed E-state index contributed by atoms with van der Waals surface area (Å²) < 4.78 is 0. The quantitative estimate of drug-likeness (QED) is 0.464. The highest BCUT2D eigenvalue weighted by molar-refractivity contribution is 5.91. The lowest BCUT2D eigenvalue weighted by molar-refractivity contribution is -0.113. The van der Waals surface area contributed by atoms with E-state index in [-0.39, 0.29) is 5.78 Å². The summed E-state index contributed by atoms with van der Waals surface area (Å²) in [6.45, 7) is 11.1. The molecule has 1 nitrogen and oxygen atoms in total. The third-order valence-corrected chi connectivity index (χ3v) is 1.81. The number of carbonyl (C=O) groups is 1. The molecule has 13 heavy (non-hydrogen) atoms. The van der Waals surface area contributed by atoms with Gasteiger partial charge < -0.3 is 0 Å². The van der Waals surface area contributed by atoms with Crippen LogP contribution in [0.2, 0.25) is 0 Å². The first kappa shape index (κ1) is 14.9. The number of unbranched alkanes of at least 4 members (excludes halogenated alkanes) is 4. The van der Waals surface area contributed by atoms with E-state index in [1.165, 1.54) is 39.0 Å². The van der Waals surface area contributed by atoms with Crippen molar-refractivity contribution in [1.82, 2.24) is 0 Å². The average molecular weight is 184 g/mol. The highest BCUT2D eigenvalue weighted by Crippen LogP contribution is 2.00. The van der Waals surface area contributed by atoms with Gasteiger partial charge in [-0.25, -0.2) is 0 Å². The van der Waals surface area contributed by atoms with E-state index in [9.17, 15) is 4.79 Å². The second-order valence-corrected chi connectivity index (χ2v) is 3.40. The highest BCUT2D eigenvalue weighted by Gasteiger charge is 1.85. The second kappa shape index (κ2) is 11.4. The Morgan fingerprint density at radius 1 is 1.00 bits per heavy atom. The summed E-state index contributed by atoms with van der Waals surface area (Å²) in [7, 11) is 0. The zero-order valence-electron chi connectivity index (χ0n) is 9.65. The maximum Gasteiger partial charge on any atom is 0.154 e. The van der Waals surface area contributed by atoms with Crippen LogP contribution in [0.5, 0.6) is 0 Å². The molecule has 0 aliphatic carbocycles. The van der Waals surface area contributed by atoms with Gasteiger partial charge in [-0.1, -0.05) is 52.5 Å². The fourth-order valence-corrected chi connectivity index (χ4v) is 0.677. The van der Waals surface area contributed by atoms with Gasteiger partial charge in [-0.3, -0.25) is 4.79 Å². The molecular weight excluding hydrogens is 160 g/mol. The van der Waals surface area contributed by atoms with Gasteiger partial charge in [0, 0.05) is 0 Å². The van der Waals surface area contributed by atoms with Crippen LogP contribution >= 0.6 is 0 Å². The molecule has 0 radical (unpaired) electrons. The molecule has 0 aliphatic heterocycles. The second-order valence-electron chi connectivity index (χ2n) is 3.40. The minimum Gasteiger partial charge on any atom is -0.295 e. The van der Waals surface area contributed by atoms with Crippen LogP contribution in [0.15, 0.2) is 12.2 Å². The van der Waals surface area contributed by atoms with E-state index in [0.29, 0.717) is 5.57 Å². The van der Waals surface area contributed by atoms with Crippen molar-refractivity contribution in [1.29, 1.82) is 0 Å². The van der Waals surface area contributed by atoms with E-state index in [1.807, 2.05) is 0 Å². The van der Waals surface area contributed by atoms with Gasteiger partial charge >= 0.3 is 0 Å². The molecule has 0 aliphatic rings. The van der Waals surface area contributed by atoms with Gasteiger partial charge in [0.15, 0.2) is 5.78 Å². The first-order chi connectivity index (χ1) is 6.06. The van der Waals surface area contributed by atoms with E-state index in [0.717, 1.165) is 0 Å². The number of carbonyl (C=O) groups excluding carboxylic acids is 1.